The van der Waals surface area contributed by atoms with Crippen molar-refractivity contribution in [2.24, 2.45) is 10.9 Å². The van der Waals surface area contributed by atoms with Gasteiger partial charge in [0.2, 0.25) is 0 Å². The Labute approximate surface area is 242 Å². The van der Waals surface area contributed by atoms with Crippen molar-refractivity contribution < 1.29 is 13.9 Å². The van der Waals surface area contributed by atoms with Crippen LogP contribution in [0.4, 0.5) is 4.39 Å². The van der Waals surface area contributed by atoms with Crippen LogP contribution < -0.4 is 4.74 Å². The maximum absolute atomic E-state index is 13.3. The molecule has 3 heterocycles. The smallest absolute Gasteiger partial charge is 0.255 e. The van der Waals surface area contributed by atoms with E-state index in [4.69, 9.17) is 9.73 Å². The highest BCUT2D eigenvalue weighted by atomic mass is 19.1. The first-order valence-corrected chi connectivity index (χ1v) is 14.5. The maximum atomic E-state index is 13.3. The molecule has 0 aliphatic carbocycles. The number of benzene rings is 2. The van der Waals surface area contributed by atoms with Crippen LogP contribution >= 0.6 is 0 Å². The number of rotatable bonds is 8. The monoisotopic (exact) mass is 554 g/mol. The molecule has 3 aromatic rings. The fourth-order valence-corrected chi connectivity index (χ4v) is 5.78. The molecule has 41 heavy (non-hydrogen) atoms. The van der Waals surface area contributed by atoms with Gasteiger partial charge in [0, 0.05) is 38.9 Å². The zero-order chi connectivity index (χ0) is 28.8. The summed E-state index contributed by atoms with van der Waals surface area (Å²) in [5.74, 6) is 0.937. The van der Waals surface area contributed by atoms with Crippen LogP contribution in [-0.2, 0) is 6.54 Å². The van der Waals surface area contributed by atoms with E-state index in [1.807, 2.05) is 36.1 Å². The Kier molecular flexibility index (Phi) is 9.24. The van der Waals surface area contributed by atoms with E-state index in [0.717, 1.165) is 73.6 Å². The normalized spacial score (nSPS) is 17.4. The third-order valence-electron chi connectivity index (χ3n) is 8.37. The lowest BCUT2D eigenvalue weighted by Crippen LogP contribution is -2.38. The highest BCUT2D eigenvalue weighted by molar-refractivity contribution is 5.98. The summed E-state index contributed by atoms with van der Waals surface area (Å²) in [4.78, 5) is 27.1. The van der Waals surface area contributed by atoms with E-state index in [9.17, 15) is 9.18 Å². The van der Waals surface area contributed by atoms with Gasteiger partial charge in [0.15, 0.2) is 0 Å². The van der Waals surface area contributed by atoms with Crippen molar-refractivity contribution in [1.82, 2.24) is 14.8 Å². The van der Waals surface area contributed by atoms with Crippen LogP contribution in [0.1, 0.15) is 59.8 Å². The van der Waals surface area contributed by atoms with Gasteiger partial charge in [0.25, 0.3) is 5.91 Å². The summed E-state index contributed by atoms with van der Waals surface area (Å²) < 4.78 is 18.5. The second-order valence-electron chi connectivity index (χ2n) is 11.1. The van der Waals surface area contributed by atoms with Gasteiger partial charge in [-0.3, -0.25) is 19.7 Å². The number of pyridine rings is 1. The molecule has 1 amide bonds. The van der Waals surface area contributed by atoms with Crippen molar-refractivity contribution in [3.05, 3.63) is 102 Å². The first-order chi connectivity index (χ1) is 19.9. The molecule has 0 spiro atoms. The number of ether oxygens (including phenoxy) is 1. The lowest BCUT2D eigenvalue weighted by atomic mass is 9.86. The molecule has 214 valence electrons. The number of nitrogens with zero attached hydrogens (tertiary/aromatic N) is 4. The van der Waals surface area contributed by atoms with E-state index in [0.29, 0.717) is 18.7 Å². The highest BCUT2D eigenvalue weighted by Crippen LogP contribution is 2.31. The number of aliphatic imine (C=N–C) groups is 1. The Balaban J connectivity index is 1.09. The van der Waals surface area contributed by atoms with Crippen LogP contribution in [0.15, 0.2) is 78.4 Å². The summed E-state index contributed by atoms with van der Waals surface area (Å²) in [7, 11) is 1.69. The Hall–Kier alpha value is -3.84. The number of carbonyl (C=O) groups is 1. The Morgan fingerprint density at radius 2 is 1.61 bits per heavy atom. The van der Waals surface area contributed by atoms with Crippen molar-refractivity contribution in [1.29, 1.82) is 0 Å². The lowest BCUT2D eigenvalue weighted by molar-refractivity contribution is 0.0707. The quantitative estimate of drug-likeness (QED) is 0.308. The molecule has 0 radical (unpaired) electrons. The van der Waals surface area contributed by atoms with E-state index < -0.39 is 0 Å². The highest BCUT2D eigenvalue weighted by Gasteiger charge is 2.26. The summed E-state index contributed by atoms with van der Waals surface area (Å²) in [6, 6.07) is 18.8. The van der Waals surface area contributed by atoms with Crippen LogP contribution in [0, 0.1) is 11.7 Å². The van der Waals surface area contributed by atoms with Gasteiger partial charge < -0.3 is 9.64 Å². The summed E-state index contributed by atoms with van der Waals surface area (Å²) in [5.41, 5.74) is 5.61. The number of likely N-dealkylation sites (tertiary alicyclic amines) is 2. The largest absolute Gasteiger partial charge is 0.497 e. The van der Waals surface area contributed by atoms with Gasteiger partial charge in [-0.25, -0.2) is 4.39 Å². The van der Waals surface area contributed by atoms with E-state index >= 15 is 0 Å². The van der Waals surface area contributed by atoms with E-state index in [1.165, 1.54) is 17.7 Å². The Morgan fingerprint density at radius 3 is 2.22 bits per heavy atom. The van der Waals surface area contributed by atoms with Gasteiger partial charge in [0.1, 0.15) is 11.6 Å². The van der Waals surface area contributed by atoms with Crippen molar-refractivity contribution in [2.75, 3.05) is 33.3 Å². The molecule has 1 aromatic heterocycles. The standard InChI is InChI=1S/C34H39FN4O2/c1-24(27-6-9-30(35)10-7-27)28-14-20-39(21-15-28)34(40)29-8-13-33(36-22-29)25(2)37-31-16-18-38(19-17-31)23-26-4-11-32(41-3)12-5-26/h4-13,22,28,31H,1,14-21,23H2,2-3H3. The minimum Gasteiger partial charge on any atom is -0.497 e. The number of methoxy groups -OCH3 is 1. The average Bonchev–Trinajstić information content (AvgIpc) is 3.02. The summed E-state index contributed by atoms with van der Waals surface area (Å²) in [5, 5.41) is 0. The third-order valence-corrected chi connectivity index (χ3v) is 8.37. The van der Waals surface area contributed by atoms with Crippen LogP contribution in [0.25, 0.3) is 5.57 Å². The Morgan fingerprint density at radius 1 is 0.951 bits per heavy atom. The van der Waals surface area contributed by atoms with Crippen molar-refractivity contribution in [2.45, 2.75) is 45.2 Å². The number of hydrogen-bond donors (Lipinski definition) is 0. The molecule has 0 atom stereocenters. The molecule has 0 saturated carbocycles. The number of carbonyl (C=O) groups excluding carboxylic acids is 1. The number of piperidine rings is 2. The number of amides is 1. The van der Waals surface area contributed by atoms with Crippen molar-refractivity contribution in [3.63, 3.8) is 0 Å². The first-order valence-electron chi connectivity index (χ1n) is 14.5. The van der Waals surface area contributed by atoms with Crippen LogP contribution in [0.2, 0.25) is 0 Å². The molecule has 2 aliphatic heterocycles. The van der Waals surface area contributed by atoms with Gasteiger partial charge in [0.05, 0.1) is 30.1 Å². The van der Waals surface area contributed by atoms with Gasteiger partial charge in [-0.2, -0.15) is 0 Å². The molecule has 5 rings (SSSR count). The van der Waals surface area contributed by atoms with Crippen LogP contribution in [-0.4, -0.2) is 65.7 Å². The van der Waals surface area contributed by atoms with E-state index in [2.05, 4.69) is 28.6 Å². The zero-order valence-electron chi connectivity index (χ0n) is 24.1. The van der Waals surface area contributed by atoms with E-state index in [-0.39, 0.29) is 23.7 Å². The SMILES string of the molecule is C=C(c1ccc(F)cc1)C1CCN(C(=O)c2ccc(C(C)=NC3CCN(Cc4ccc(OC)cc4)CC3)nc2)CC1. The van der Waals surface area contributed by atoms with Crippen LogP contribution in [0.5, 0.6) is 5.75 Å². The third kappa shape index (κ3) is 7.27. The second kappa shape index (κ2) is 13.2. The summed E-state index contributed by atoms with van der Waals surface area (Å²) in [6.45, 7) is 10.6. The van der Waals surface area contributed by atoms with Crippen molar-refractivity contribution in [3.8, 4) is 5.75 Å². The molecule has 0 unspecified atom stereocenters. The van der Waals surface area contributed by atoms with Gasteiger partial charge in [-0.05, 0) is 91.6 Å². The topological polar surface area (TPSA) is 58.0 Å². The van der Waals surface area contributed by atoms with Gasteiger partial charge >= 0.3 is 0 Å². The summed E-state index contributed by atoms with van der Waals surface area (Å²) in [6.07, 6.45) is 5.41. The lowest BCUT2D eigenvalue weighted by Gasteiger charge is -2.33. The fourth-order valence-electron chi connectivity index (χ4n) is 5.78. The van der Waals surface area contributed by atoms with Crippen LogP contribution in [0.3, 0.4) is 0 Å². The minimum absolute atomic E-state index is 0.00807. The second-order valence-corrected chi connectivity index (χ2v) is 11.1. The number of hydrogen-bond acceptors (Lipinski definition) is 5. The molecule has 0 bridgehead atoms. The molecule has 6 nitrogen and oxygen atoms in total. The first kappa shape index (κ1) is 28.7. The van der Waals surface area contributed by atoms with E-state index in [1.54, 1.807) is 25.4 Å². The predicted molar refractivity (Wildman–Crippen MR) is 162 cm³/mol. The van der Waals surface area contributed by atoms with Gasteiger partial charge in [-0.1, -0.05) is 30.8 Å². The Bertz CT molecular complexity index is 1350. The molecular formula is C34H39FN4O2. The molecule has 2 aromatic carbocycles. The average molecular weight is 555 g/mol. The molecule has 2 fully saturated rings. The zero-order valence-corrected chi connectivity index (χ0v) is 24.1. The number of aromatic nitrogens is 1. The maximum Gasteiger partial charge on any atom is 0.255 e. The molecule has 0 N–H and O–H groups in total. The number of halogens is 1. The molecular weight excluding hydrogens is 515 g/mol. The predicted octanol–water partition coefficient (Wildman–Crippen LogP) is 6.27. The molecule has 2 aliphatic rings. The molecule has 7 heteroatoms. The fraction of sp³-hybridized carbons (Fsp3) is 0.382. The van der Waals surface area contributed by atoms with Gasteiger partial charge in [-0.15, -0.1) is 0 Å². The summed E-state index contributed by atoms with van der Waals surface area (Å²) >= 11 is 0. The van der Waals surface area contributed by atoms with Crippen molar-refractivity contribution >= 4 is 17.2 Å². The molecule has 2 saturated heterocycles. The number of allylic oxidation sites excluding steroid dienone is 1. The minimum atomic E-state index is -0.245.